The molecule has 0 aliphatic carbocycles. The highest BCUT2D eigenvalue weighted by atomic mass is 35.5. The summed E-state index contributed by atoms with van der Waals surface area (Å²) in [7, 11) is 1.74. The molecule has 110 heavy (non-hydrogen) atoms. The molecule has 576 valence electrons. The third-order valence-corrected chi connectivity index (χ3v) is 26.2. The largest absolute Gasteiger partial charge is 0.496 e. The lowest BCUT2D eigenvalue weighted by molar-refractivity contribution is 0.0173. The summed E-state index contributed by atoms with van der Waals surface area (Å²) in [6.45, 7) is 74.0. The van der Waals surface area contributed by atoms with Gasteiger partial charge < -0.3 is 24.1 Å². The maximum Gasteiger partial charge on any atom is 0.220 e. The topological polar surface area (TPSA) is 63.4 Å². The number of rotatable bonds is 17. The fourth-order valence-electron chi connectivity index (χ4n) is 17.4. The Kier molecular flexibility index (Phi) is 29.3. The van der Waals surface area contributed by atoms with Gasteiger partial charge in [0.1, 0.15) is 5.75 Å². The molecule has 4 aliphatic heterocycles. The molecule has 0 radical (unpaired) electrons. The summed E-state index contributed by atoms with van der Waals surface area (Å²) in [6, 6.07) is 69.9. The van der Waals surface area contributed by atoms with Crippen LogP contribution in [0.2, 0.25) is 5.02 Å². The number of benzene rings is 8. The summed E-state index contributed by atoms with van der Waals surface area (Å²) in [6.07, 6.45) is 8.75. The summed E-state index contributed by atoms with van der Waals surface area (Å²) in [5.74, 6) is 0.928. The zero-order valence-corrected chi connectivity index (χ0v) is 69.5. The predicted molar refractivity (Wildman–Crippen MR) is 460 cm³/mol. The van der Waals surface area contributed by atoms with Crippen LogP contribution in [0.4, 0.5) is 0 Å². The molecule has 0 atom stereocenters. The minimum absolute atomic E-state index is 0.111. The van der Waals surface area contributed by atoms with E-state index in [4.69, 9.17) is 42.6 Å². The Morgan fingerprint density at radius 3 is 0.918 bits per heavy atom. The Balaban J connectivity index is 0.000000169. The smallest absolute Gasteiger partial charge is 0.220 e. The quantitative estimate of drug-likeness (QED) is 0.0847. The van der Waals surface area contributed by atoms with Crippen molar-refractivity contribution in [3.05, 3.63) is 278 Å². The van der Waals surface area contributed by atoms with Gasteiger partial charge in [0.2, 0.25) is 26.2 Å². The van der Waals surface area contributed by atoms with Gasteiger partial charge in [-0.15, -0.1) is 0 Å². The lowest BCUT2D eigenvalue weighted by Gasteiger charge is -2.46. The number of hydrogen-bond acceptors (Lipinski definition) is 6. The second-order valence-electron chi connectivity index (χ2n) is 35.9. The van der Waals surface area contributed by atoms with Crippen molar-refractivity contribution in [1.29, 1.82) is 5.26 Å². The predicted octanol–water partition coefficient (Wildman–Crippen LogP) is 24.4. The van der Waals surface area contributed by atoms with E-state index in [1.807, 2.05) is 60.7 Å². The van der Waals surface area contributed by atoms with Crippen molar-refractivity contribution in [2.24, 2.45) is 43.3 Å². The summed E-state index contributed by atoms with van der Waals surface area (Å²) < 4.78 is 5.69. The van der Waals surface area contributed by atoms with Crippen LogP contribution in [0.5, 0.6) is 5.75 Å². The molecule has 0 unspecified atom stereocenters. The Morgan fingerprint density at radius 2 is 0.627 bits per heavy atom. The number of aryl methyl sites for hydroxylation is 1. The average Bonchev–Trinajstić information content (AvgIpc) is 0.794. The zero-order valence-electron chi connectivity index (χ0n) is 68.8. The van der Waals surface area contributed by atoms with Crippen LogP contribution in [0, 0.1) is 87.9 Å². The minimum Gasteiger partial charge on any atom is -0.496 e. The van der Waals surface area contributed by atoms with Gasteiger partial charge in [0.15, 0.2) is 0 Å². The van der Waals surface area contributed by atoms with Gasteiger partial charge >= 0.3 is 0 Å². The minimum atomic E-state index is 0.111. The fraction of sp³-hybridized carbons (Fsp3) is 0.465. The van der Waals surface area contributed by atoms with Crippen LogP contribution in [0.3, 0.4) is 0 Å². The van der Waals surface area contributed by atoms with E-state index in [0.717, 1.165) is 174 Å². The molecular weight excluding hydrogens is 1370 g/mol. The van der Waals surface area contributed by atoms with Crippen LogP contribution in [0.1, 0.15) is 168 Å². The SMILES string of the molecule is [C-]#[N+]CC1(C(C)(C)C)CCN(Cc2ccc(-c3ccccc3)c(C#N)c2)CC1.[C-]#[N+]CC1(C(C)(C)C)CCN(Cc2ccc(-c3ccccc3)c(C)c2)CC1.[C-]#[N+]CC1(C(C)(C)C)CCN(Cc2ccc(-c3ccccc3)c(Cl)c2)CC1.[C-]#[N+]CC1(C(C)(C)C)CCN(Cc2ccc(-c3ccccc3)c(OC)c2)CC1. The molecule has 4 saturated heterocycles. The molecule has 12 rings (SSSR count). The van der Waals surface area contributed by atoms with E-state index in [9.17, 15) is 5.26 Å². The van der Waals surface area contributed by atoms with Crippen molar-refractivity contribution in [2.45, 2.75) is 168 Å². The van der Waals surface area contributed by atoms with E-state index in [2.05, 4.69) is 269 Å². The number of halogens is 1. The maximum atomic E-state index is 9.64. The van der Waals surface area contributed by atoms with Crippen LogP contribution in [-0.4, -0.2) is 105 Å². The Morgan fingerprint density at radius 1 is 0.364 bits per heavy atom. The highest BCUT2D eigenvalue weighted by Gasteiger charge is 2.50. The molecule has 4 fully saturated rings. The standard InChI is InChI=1S/C25H29N3.C25H32N2O.C25H32N2.C24H29ClN2/c1-24(2,3)25(19-27-4)12-14-28(15-13-25)18-20-10-11-23(22(16-20)17-26)21-8-6-5-7-9-21;1-24(2,3)25(19-26-4)13-15-27(16-14-25)18-20-11-12-22(23(17-20)28-5)21-9-7-6-8-10-21;1-20-17-21(11-12-23(20)22-9-7-6-8-10-22)18-27-15-13-25(14-16-27,19-26-5)24(2,3)4;1-23(2,3)24(18-26-4)12-14-27(15-13-24)17-19-10-11-21(22(25)16-19)20-8-6-5-7-9-20/h5-11,16H,12-15,18-19H2,1-3H3;6-12,17H,13-16,18-19H2,1-3,5H3;6-12,17H,13-16,18-19H2,1-4H3;5-11,16H,12-15,17-18H2,1-3H3. The Bertz CT molecular complexity index is 4330. The van der Waals surface area contributed by atoms with Crippen molar-refractivity contribution in [1.82, 2.24) is 19.6 Å². The fourth-order valence-corrected chi connectivity index (χ4v) is 17.7. The molecule has 8 aromatic carbocycles. The highest BCUT2D eigenvalue weighted by molar-refractivity contribution is 6.33. The first-order valence-corrected chi connectivity index (χ1v) is 40.4. The number of piperidine rings is 4. The Hall–Kier alpha value is -8.86. The van der Waals surface area contributed by atoms with Gasteiger partial charge in [-0.1, -0.05) is 271 Å². The van der Waals surface area contributed by atoms with Gasteiger partial charge in [-0.3, -0.25) is 19.6 Å². The summed E-state index contributed by atoms with van der Waals surface area (Å²) in [4.78, 5) is 25.2. The molecule has 0 aromatic heterocycles. The van der Waals surface area contributed by atoms with Gasteiger partial charge in [-0.25, -0.2) is 26.3 Å². The normalized spacial score (nSPS) is 17.2. The number of hydrogen-bond donors (Lipinski definition) is 0. The van der Waals surface area contributed by atoms with Crippen LogP contribution in [-0.2, 0) is 26.2 Å². The molecule has 0 spiro atoms. The Labute approximate surface area is 668 Å². The number of methoxy groups -OCH3 is 1. The number of likely N-dealkylation sites (tertiary alicyclic amines) is 4. The number of nitriles is 1. The summed E-state index contributed by atoms with van der Waals surface area (Å²) in [5.41, 5.74) is 17.7. The molecule has 4 aliphatic rings. The molecule has 0 saturated carbocycles. The van der Waals surface area contributed by atoms with Crippen LogP contribution >= 0.6 is 11.6 Å². The molecule has 8 aromatic rings. The highest BCUT2D eigenvalue weighted by Crippen LogP contribution is 2.51. The lowest BCUT2D eigenvalue weighted by Crippen LogP contribution is -2.47. The first-order valence-electron chi connectivity index (χ1n) is 40.0. The second-order valence-corrected chi connectivity index (χ2v) is 36.4. The van der Waals surface area contributed by atoms with Crippen LogP contribution in [0.25, 0.3) is 63.9 Å². The molecule has 10 nitrogen and oxygen atoms in total. The molecule has 0 bridgehead atoms. The molecule has 0 amide bonds. The van der Waals surface area contributed by atoms with Crippen molar-refractivity contribution < 1.29 is 4.74 Å². The zero-order chi connectivity index (χ0) is 79.4. The van der Waals surface area contributed by atoms with Gasteiger partial charge in [-0.05, 0) is 212 Å². The lowest BCUT2D eigenvalue weighted by atomic mass is 9.61. The average molecular weight is 1490 g/mol. The number of ether oxygens (including phenoxy) is 1. The van der Waals surface area contributed by atoms with E-state index in [1.165, 1.54) is 44.5 Å². The van der Waals surface area contributed by atoms with Gasteiger partial charge in [0.25, 0.3) is 0 Å². The summed E-state index contributed by atoms with van der Waals surface area (Å²) in [5, 5.41) is 10.4. The molecular formula is C99H122ClN9O. The van der Waals surface area contributed by atoms with Crippen molar-refractivity contribution in [3.8, 4) is 56.3 Å². The van der Waals surface area contributed by atoms with E-state index in [0.29, 0.717) is 26.2 Å². The number of nitrogens with zero attached hydrogens (tertiary/aromatic N) is 9. The van der Waals surface area contributed by atoms with Crippen molar-refractivity contribution >= 4 is 11.6 Å². The van der Waals surface area contributed by atoms with Crippen LogP contribution in [0.15, 0.2) is 194 Å². The maximum absolute atomic E-state index is 9.64. The van der Waals surface area contributed by atoms with Crippen LogP contribution < -0.4 is 4.74 Å². The van der Waals surface area contributed by atoms with Gasteiger partial charge in [0, 0.05) is 64.0 Å². The molecule has 0 N–H and O–H groups in total. The molecule has 11 heteroatoms. The first kappa shape index (κ1) is 85.1. The van der Waals surface area contributed by atoms with Gasteiger partial charge in [-0.2, -0.15) is 5.26 Å². The third kappa shape index (κ3) is 21.4. The van der Waals surface area contributed by atoms with E-state index in [1.54, 1.807) is 7.11 Å². The second kappa shape index (κ2) is 37.9. The third-order valence-electron chi connectivity index (χ3n) is 25.9. The van der Waals surface area contributed by atoms with Crippen molar-refractivity contribution in [2.75, 3.05) is 85.6 Å². The van der Waals surface area contributed by atoms with E-state index < -0.39 is 0 Å². The van der Waals surface area contributed by atoms with E-state index >= 15 is 0 Å². The van der Waals surface area contributed by atoms with Crippen molar-refractivity contribution in [3.63, 3.8) is 0 Å². The molecule has 4 heterocycles. The van der Waals surface area contributed by atoms with Gasteiger partial charge in [0.05, 0.1) is 18.7 Å². The van der Waals surface area contributed by atoms with E-state index in [-0.39, 0.29) is 43.3 Å². The summed E-state index contributed by atoms with van der Waals surface area (Å²) >= 11 is 6.58. The monoisotopic (exact) mass is 1490 g/mol. The first-order chi connectivity index (χ1) is 52.5.